The van der Waals surface area contributed by atoms with Gasteiger partial charge in [-0.05, 0) is 77.2 Å². The van der Waals surface area contributed by atoms with E-state index in [-0.39, 0.29) is 11.8 Å². The summed E-state index contributed by atoms with van der Waals surface area (Å²) in [5.41, 5.74) is 1.39. The van der Waals surface area contributed by atoms with Crippen molar-refractivity contribution in [3.63, 3.8) is 0 Å². The average Bonchev–Trinajstić information content (AvgIpc) is 3.47. The third kappa shape index (κ3) is 5.87. The number of aromatic nitrogens is 2. The molecule has 1 saturated carbocycles. The molecule has 216 valence electrons. The highest BCUT2D eigenvalue weighted by Crippen LogP contribution is 2.40. The third-order valence-corrected chi connectivity index (χ3v) is 8.58. The minimum atomic E-state index is -0.543. The predicted molar refractivity (Wildman–Crippen MR) is 158 cm³/mol. The van der Waals surface area contributed by atoms with Gasteiger partial charge in [0.15, 0.2) is 5.82 Å². The van der Waals surface area contributed by atoms with E-state index in [9.17, 15) is 9.59 Å². The van der Waals surface area contributed by atoms with Gasteiger partial charge in [-0.2, -0.15) is 4.98 Å². The molecule has 10 nitrogen and oxygen atoms in total. The topological polar surface area (TPSA) is 103 Å². The minimum absolute atomic E-state index is 0.0598. The highest BCUT2D eigenvalue weighted by molar-refractivity contribution is 6.01. The highest BCUT2D eigenvalue weighted by Gasteiger charge is 2.41. The number of piperidine rings is 1. The molecule has 5 rings (SSSR count). The van der Waals surface area contributed by atoms with E-state index in [2.05, 4.69) is 32.5 Å². The number of amides is 2. The number of rotatable bonds is 7. The third-order valence-electron chi connectivity index (χ3n) is 8.58. The number of nitrogens with zero attached hydrogens (tertiary/aromatic N) is 5. The Balaban J connectivity index is 1.36. The molecular weight excluding hydrogens is 506 g/mol. The number of methoxy groups -OCH3 is 1. The zero-order valence-corrected chi connectivity index (χ0v) is 24.5. The van der Waals surface area contributed by atoms with Crippen molar-refractivity contribution >= 4 is 35.0 Å². The number of hydrogen-bond donors (Lipinski definition) is 2. The van der Waals surface area contributed by atoms with Crippen LogP contribution in [0.2, 0.25) is 0 Å². The average molecular weight is 550 g/mol. The van der Waals surface area contributed by atoms with E-state index in [4.69, 9.17) is 9.72 Å². The van der Waals surface area contributed by atoms with E-state index < -0.39 is 5.41 Å². The normalized spacial score (nSPS) is 21.6. The Morgan fingerprint density at radius 2 is 1.93 bits per heavy atom. The van der Waals surface area contributed by atoms with Crippen molar-refractivity contribution < 1.29 is 14.3 Å². The summed E-state index contributed by atoms with van der Waals surface area (Å²) in [7, 11) is 5.52. The van der Waals surface area contributed by atoms with Crippen LogP contribution in [0.4, 0.5) is 23.1 Å². The zero-order valence-electron chi connectivity index (χ0n) is 24.5. The van der Waals surface area contributed by atoms with Crippen molar-refractivity contribution in [1.82, 2.24) is 20.2 Å². The molecule has 3 heterocycles. The monoisotopic (exact) mass is 549 g/mol. The Morgan fingerprint density at radius 1 is 1.15 bits per heavy atom. The molecular formula is C30H43N7O3. The van der Waals surface area contributed by atoms with Crippen molar-refractivity contribution in [2.24, 2.45) is 11.3 Å². The molecule has 1 aromatic heterocycles. The van der Waals surface area contributed by atoms with Gasteiger partial charge in [-0.15, -0.1) is 0 Å². The van der Waals surface area contributed by atoms with Crippen LogP contribution in [0.5, 0.6) is 5.75 Å². The summed E-state index contributed by atoms with van der Waals surface area (Å²) in [6, 6.07) is 5.70. The largest absolute Gasteiger partial charge is 0.495 e. The van der Waals surface area contributed by atoms with E-state index >= 15 is 0 Å². The molecule has 0 bridgehead atoms. The van der Waals surface area contributed by atoms with Crippen molar-refractivity contribution in [2.45, 2.75) is 58.4 Å². The number of ether oxygens (including phenoxy) is 1. The van der Waals surface area contributed by atoms with Gasteiger partial charge in [0, 0.05) is 38.3 Å². The maximum Gasteiger partial charge on any atom is 0.251 e. The number of fused-ring (bicyclic) bond motifs is 1. The number of nitrogens with one attached hydrogen (secondary N) is 2. The summed E-state index contributed by atoms with van der Waals surface area (Å²) in [5, 5.41) is 6.38. The van der Waals surface area contributed by atoms with Gasteiger partial charge in [0.05, 0.1) is 24.4 Å². The number of hydrogen-bond acceptors (Lipinski definition) is 8. The molecule has 1 saturated heterocycles. The molecule has 1 aliphatic carbocycles. The molecule has 3 aliphatic rings. The predicted octanol–water partition coefficient (Wildman–Crippen LogP) is 4.05. The van der Waals surface area contributed by atoms with Crippen molar-refractivity contribution in [2.75, 3.05) is 62.5 Å². The Hall–Kier alpha value is -3.40. The molecule has 2 amide bonds. The first-order valence-electron chi connectivity index (χ1n) is 14.5. The maximum atomic E-state index is 13.3. The van der Waals surface area contributed by atoms with Crippen LogP contribution in [0.25, 0.3) is 0 Å². The second kappa shape index (κ2) is 11.6. The fourth-order valence-electron chi connectivity index (χ4n) is 6.36. The molecule has 2 aromatic rings. The molecule has 10 heteroatoms. The first-order valence-corrected chi connectivity index (χ1v) is 14.5. The lowest BCUT2D eigenvalue weighted by atomic mass is 9.91. The van der Waals surface area contributed by atoms with Gasteiger partial charge in [0.1, 0.15) is 11.4 Å². The SMILES string of the molecule is COc1cc(C(=O)NC[C@H]2CCCN(C)C2)ccc1Nc1ncc2c(n1)N(C1CCCC1)CC(C)(C)C(=O)N2C. The lowest BCUT2D eigenvalue weighted by Gasteiger charge is -2.34. The van der Waals surface area contributed by atoms with Gasteiger partial charge < -0.3 is 30.1 Å². The van der Waals surface area contributed by atoms with Crippen LogP contribution in [0.1, 0.15) is 62.7 Å². The quantitative estimate of drug-likeness (QED) is 0.533. The van der Waals surface area contributed by atoms with Gasteiger partial charge >= 0.3 is 0 Å². The molecule has 1 aromatic carbocycles. The molecule has 2 fully saturated rings. The number of likely N-dealkylation sites (tertiary alicyclic amines) is 1. The van der Waals surface area contributed by atoms with Crippen LogP contribution < -0.4 is 25.2 Å². The summed E-state index contributed by atoms with van der Waals surface area (Å²) in [4.78, 5) is 42.0. The Labute approximate surface area is 237 Å². The van der Waals surface area contributed by atoms with E-state index in [0.717, 1.165) is 43.9 Å². The summed E-state index contributed by atoms with van der Waals surface area (Å²) in [5.74, 6) is 2.14. The van der Waals surface area contributed by atoms with Gasteiger partial charge in [-0.25, -0.2) is 4.98 Å². The van der Waals surface area contributed by atoms with E-state index in [1.807, 2.05) is 19.9 Å². The molecule has 1 atom stereocenters. The highest BCUT2D eigenvalue weighted by atomic mass is 16.5. The number of carbonyl (C=O) groups excluding carboxylic acids is 2. The lowest BCUT2D eigenvalue weighted by molar-refractivity contribution is -0.125. The van der Waals surface area contributed by atoms with Crippen molar-refractivity contribution in [3.05, 3.63) is 30.0 Å². The first-order chi connectivity index (χ1) is 19.2. The van der Waals surface area contributed by atoms with Gasteiger partial charge in [0.2, 0.25) is 11.9 Å². The molecule has 2 N–H and O–H groups in total. The van der Waals surface area contributed by atoms with Crippen LogP contribution in [-0.2, 0) is 4.79 Å². The number of anilines is 4. The second-order valence-corrected chi connectivity index (χ2v) is 12.2. The summed E-state index contributed by atoms with van der Waals surface area (Å²) in [6.07, 6.45) is 8.58. The van der Waals surface area contributed by atoms with Gasteiger partial charge in [-0.3, -0.25) is 9.59 Å². The molecule has 40 heavy (non-hydrogen) atoms. The zero-order chi connectivity index (χ0) is 28.4. The molecule has 2 aliphatic heterocycles. The van der Waals surface area contributed by atoms with E-state index in [1.54, 1.807) is 37.4 Å². The van der Waals surface area contributed by atoms with E-state index in [0.29, 0.717) is 48.0 Å². The molecule has 0 spiro atoms. The first kappa shape index (κ1) is 28.1. The van der Waals surface area contributed by atoms with Gasteiger partial charge in [0.25, 0.3) is 5.91 Å². The lowest BCUT2D eigenvalue weighted by Crippen LogP contribution is -2.45. The fraction of sp³-hybridized carbons (Fsp3) is 0.600. The Kier molecular flexibility index (Phi) is 8.16. The van der Waals surface area contributed by atoms with Crippen LogP contribution in [0.3, 0.4) is 0 Å². The molecule has 0 radical (unpaired) electrons. The van der Waals surface area contributed by atoms with E-state index in [1.165, 1.54) is 19.3 Å². The van der Waals surface area contributed by atoms with Crippen LogP contribution in [-0.4, -0.2) is 80.1 Å². The maximum absolute atomic E-state index is 13.3. The van der Waals surface area contributed by atoms with Crippen molar-refractivity contribution in [3.8, 4) is 5.75 Å². The summed E-state index contributed by atoms with van der Waals surface area (Å²) < 4.78 is 5.64. The fourth-order valence-corrected chi connectivity index (χ4v) is 6.36. The van der Waals surface area contributed by atoms with Crippen LogP contribution >= 0.6 is 0 Å². The summed E-state index contributed by atoms with van der Waals surface area (Å²) in [6.45, 7) is 7.40. The summed E-state index contributed by atoms with van der Waals surface area (Å²) >= 11 is 0. The van der Waals surface area contributed by atoms with Crippen LogP contribution in [0.15, 0.2) is 24.4 Å². The number of benzene rings is 1. The van der Waals surface area contributed by atoms with Crippen molar-refractivity contribution in [1.29, 1.82) is 0 Å². The standard InChI is InChI=1S/C30H43N7O3/c1-30(2)19-37(22-10-6-7-11-22)26-24(36(4)28(30)39)17-32-29(34-26)33-23-13-12-21(15-25(23)40-5)27(38)31-16-20-9-8-14-35(3)18-20/h12-13,15,17,20,22H,6-11,14,16,18-19H2,1-5H3,(H,31,38)(H,32,33,34)/t20-/m1/s1. The second-order valence-electron chi connectivity index (χ2n) is 12.2. The smallest absolute Gasteiger partial charge is 0.251 e. The molecule has 0 unspecified atom stereocenters. The Bertz CT molecular complexity index is 1240. The van der Waals surface area contributed by atoms with Gasteiger partial charge in [-0.1, -0.05) is 12.8 Å². The minimum Gasteiger partial charge on any atom is -0.495 e. The number of carbonyl (C=O) groups is 2. The van der Waals surface area contributed by atoms with Crippen LogP contribution in [0, 0.1) is 11.3 Å². The Morgan fingerprint density at radius 3 is 2.65 bits per heavy atom.